The summed E-state index contributed by atoms with van der Waals surface area (Å²) < 4.78 is 0. The van der Waals surface area contributed by atoms with E-state index >= 15 is 0 Å². The standard InChI is InChI=1S/C26H28N4O2/c31-26(32)30(29-16-12-21-5-1-2-6-23(21)19-29)24-8-3-7-22(17-24)25-9-4-15-28(25)18-20-10-13-27-14-11-20/h1-3,5-8,10-11,13-14,17,25H,4,9,12,15-16,18-19H2,(H,31,32). The highest BCUT2D eigenvalue weighted by molar-refractivity contribution is 5.85. The van der Waals surface area contributed by atoms with Crippen LogP contribution in [0.4, 0.5) is 10.5 Å². The van der Waals surface area contributed by atoms with Crippen molar-refractivity contribution in [3.8, 4) is 0 Å². The first kappa shape index (κ1) is 20.7. The van der Waals surface area contributed by atoms with Gasteiger partial charge in [-0.25, -0.2) is 14.8 Å². The van der Waals surface area contributed by atoms with Gasteiger partial charge in [0.15, 0.2) is 0 Å². The Morgan fingerprint density at radius 3 is 2.66 bits per heavy atom. The Kier molecular flexibility index (Phi) is 5.88. The molecule has 1 saturated heterocycles. The maximum atomic E-state index is 12.3. The molecule has 6 nitrogen and oxygen atoms in total. The first-order valence-electron chi connectivity index (χ1n) is 11.3. The van der Waals surface area contributed by atoms with Gasteiger partial charge in [-0.15, -0.1) is 0 Å². The van der Waals surface area contributed by atoms with Crippen molar-refractivity contribution in [2.75, 3.05) is 18.1 Å². The highest BCUT2D eigenvalue weighted by Gasteiger charge is 2.29. The molecule has 3 heterocycles. The third kappa shape index (κ3) is 4.24. The molecule has 6 heteroatoms. The van der Waals surface area contributed by atoms with Crippen molar-refractivity contribution in [3.05, 3.63) is 95.3 Å². The van der Waals surface area contributed by atoms with Gasteiger partial charge in [-0.05, 0) is 72.3 Å². The first-order chi connectivity index (χ1) is 15.7. The largest absolute Gasteiger partial charge is 0.464 e. The summed E-state index contributed by atoms with van der Waals surface area (Å²) >= 11 is 0. The molecule has 1 N–H and O–H groups in total. The average molecular weight is 429 g/mol. The molecule has 0 bridgehead atoms. The molecule has 164 valence electrons. The minimum atomic E-state index is -0.943. The molecule has 1 atom stereocenters. The first-order valence-corrected chi connectivity index (χ1v) is 11.3. The third-order valence-corrected chi connectivity index (χ3v) is 6.57. The van der Waals surface area contributed by atoms with Crippen molar-refractivity contribution in [1.82, 2.24) is 14.9 Å². The van der Waals surface area contributed by atoms with E-state index in [0.717, 1.165) is 32.4 Å². The van der Waals surface area contributed by atoms with Gasteiger partial charge in [0.25, 0.3) is 0 Å². The number of anilines is 1. The lowest BCUT2D eigenvalue weighted by Crippen LogP contribution is -2.48. The Hall–Kier alpha value is -3.22. The fourth-order valence-electron chi connectivity index (χ4n) is 5.03. The van der Waals surface area contributed by atoms with Crippen LogP contribution in [0.3, 0.4) is 0 Å². The molecule has 2 aromatic carbocycles. The second-order valence-electron chi connectivity index (χ2n) is 8.58. The number of pyridine rings is 1. The molecule has 1 aromatic heterocycles. The molecule has 2 aliphatic rings. The predicted molar refractivity (Wildman–Crippen MR) is 124 cm³/mol. The van der Waals surface area contributed by atoms with E-state index in [4.69, 9.17) is 0 Å². The maximum Gasteiger partial charge on any atom is 0.426 e. The number of benzene rings is 2. The van der Waals surface area contributed by atoms with Crippen LogP contribution in [0.25, 0.3) is 0 Å². The molecule has 3 aromatic rings. The Morgan fingerprint density at radius 1 is 1.03 bits per heavy atom. The van der Waals surface area contributed by atoms with Crippen LogP contribution in [0.2, 0.25) is 0 Å². The molecular weight excluding hydrogens is 400 g/mol. The van der Waals surface area contributed by atoms with Crippen LogP contribution in [-0.2, 0) is 19.5 Å². The fraction of sp³-hybridized carbons (Fsp3) is 0.308. The van der Waals surface area contributed by atoms with E-state index in [1.807, 2.05) is 41.7 Å². The molecule has 0 radical (unpaired) electrons. The van der Waals surface area contributed by atoms with Gasteiger partial charge in [0.05, 0.1) is 5.69 Å². The van der Waals surface area contributed by atoms with Crippen LogP contribution in [0.5, 0.6) is 0 Å². The molecule has 1 amide bonds. The number of hydrazine groups is 1. The second-order valence-corrected chi connectivity index (χ2v) is 8.58. The third-order valence-electron chi connectivity index (χ3n) is 6.57. The van der Waals surface area contributed by atoms with E-state index < -0.39 is 6.09 Å². The number of hydrogen-bond acceptors (Lipinski definition) is 4. The Morgan fingerprint density at radius 2 is 1.84 bits per heavy atom. The number of carbonyl (C=O) groups is 1. The summed E-state index contributed by atoms with van der Waals surface area (Å²) in [5, 5.41) is 13.5. The molecule has 0 aliphatic carbocycles. The van der Waals surface area contributed by atoms with E-state index in [2.05, 4.69) is 46.3 Å². The lowest BCUT2D eigenvalue weighted by atomic mass is 10.0. The monoisotopic (exact) mass is 428 g/mol. The molecule has 1 unspecified atom stereocenters. The van der Waals surface area contributed by atoms with Crippen molar-refractivity contribution in [3.63, 3.8) is 0 Å². The van der Waals surface area contributed by atoms with Gasteiger partial charge in [0, 0.05) is 38.1 Å². The van der Waals surface area contributed by atoms with E-state index in [9.17, 15) is 9.90 Å². The number of hydrogen-bond donors (Lipinski definition) is 1. The molecule has 0 saturated carbocycles. The minimum Gasteiger partial charge on any atom is -0.464 e. The predicted octanol–water partition coefficient (Wildman–Crippen LogP) is 4.88. The highest BCUT2D eigenvalue weighted by Crippen LogP contribution is 2.35. The van der Waals surface area contributed by atoms with Crippen molar-refractivity contribution >= 4 is 11.8 Å². The van der Waals surface area contributed by atoms with Gasteiger partial charge in [-0.2, -0.15) is 0 Å². The van der Waals surface area contributed by atoms with E-state index in [1.165, 1.54) is 27.3 Å². The molecule has 2 aliphatic heterocycles. The maximum absolute atomic E-state index is 12.3. The van der Waals surface area contributed by atoms with Crippen LogP contribution in [0.1, 0.15) is 41.1 Å². The summed E-state index contributed by atoms with van der Waals surface area (Å²) in [7, 11) is 0. The number of aromatic nitrogens is 1. The van der Waals surface area contributed by atoms with Crippen LogP contribution in [-0.4, -0.2) is 39.2 Å². The van der Waals surface area contributed by atoms with E-state index in [1.54, 1.807) is 0 Å². The molecule has 32 heavy (non-hydrogen) atoms. The zero-order valence-electron chi connectivity index (χ0n) is 18.1. The summed E-state index contributed by atoms with van der Waals surface area (Å²) in [6.07, 6.45) is 5.80. The van der Waals surface area contributed by atoms with Gasteiger partial charge in [-0.3, -0.25) is 9.88 Å². The Bertz CT molecular complexity index is 1090. The zero-order chi connectivity index (χ0) is 21.9. The summed E-state index contributed by atoms with van der Waals surface area (Å²) in [6.45, 7) is 3.21. The van der Waals surface area contributed by atoms with Crippen molar-refractivity contribution < 1.29 is 9.90 Å². The average Bonchev–Trinajstić information content (AvgIpc) is 3.28. The van der Waals surface area contributed by atoms with Gasteiger partial charge < -0.3 is 5.11 Å². The minimum absolute atomic E-state index is 0.292. The van der Waals surface area contributed by atoms with Gasteiger partial charge in [0.2, 0.25) is 0 Å². The van der Waals surface area contributed by atoms with Gasteiger partial charge >= 0.3 is 6.09 Å². The van der Waals surface area contributed by atoms with Crippen LogP contribution in [0.15, 0.2) is 73.1 Å². The molecule has 5 rings (SSSR count). The quantitative estimate of drug-likeness (QED) is 0.628. The second kappa shape index (κ2) is 9.10. The number of rotatable bonds is 5. The Labute approximate surface area is 188 Å². The van der Waals surface area contributed by atoms with Crippen LogP contribution < -0.4 is 5.01 Å². The summed E-state index contributed by atoms with van der Waals surface area (Å²) in [5.74, 6) is 0. The molecular formula is C26H28N4O2. The summed E-state index contributed by atoms with van der Waals surface area (Å²) in [5.41, 5.74) is 5.64. The lowest BCUT2D eigenvalue weighted by Gasteiger charge is -2.36. The fourth-order valence-corrected chi connectivity index (χ4v) is 5.03. The van der Waals surface area contributed by atoms with Crippen LogP contribution >= 0.6 is 0 Å². The number of fused-ring (bicyclic) bond motifs is 1. The van der Waals surface area contributed by atoms with Crippen LogP contribution in [0, 0.1) is 0 Å². The van der Waals surface area contributed by atoms with E-state index in [-0.39, 0.29) is 0 Å². The lowest BCUT2D eigenvalue weighted by molar-refractivity contribution is 0.162. The normalized spacial score (nSPS) is 18.9. The van der Waals surface area contributed by atoms with Gasteiger partial charge in [-0.1, -0.05) is 36.4 Å². The number of carboxylic acid groups (broad SMARTS) is 1. The van der Waals surface area contributed by atoms with E-state index in [0.29, 0.717) is 24.8 Å². The zero-order valence-corrected chi connectivity index (χ0v) is 18.1. The van der Waals surface area contributed by atoms with Crippen molar-refractivity contribution in [2.45, 2.75) is 38.4 Å². The number of amides is 1. The van der Waals surface area contributed by atoms with Gasteiger partial charge in [0.1, 0.15) is 0 Å². The Balaban J connectivity index is 1.39. The van der Waals surface area contributed by atoms with Crippen molar-refractivity contribution in [1.29, 1.82) is 0 Å². The summed E-state index contributed by atoms with van der Waals surface area (Å²) in [6, 6.07) is 20.8. The SMILES string of the molecule is O=C(O)N(c1cccc(C2CCCN2Cc2ccncc2)c1)N1CCc2ccccc2C1. The van der Waals surface area contributed by atoms with Crippen molar-refractivity contribution in [2.24, 2.45) is 0 Å². The smallest absolute Gasteiger partial charge is 0.426 e. The number of nitrogens with zero attached hydrogens (tertiary/aromatic N) is 4. The highest BCUT2D eigenvalue weighted by atomic mass is 16.4. The summed E-state index contributed by atoms with van der Waals surface area (Å²) in [4.78, 5) is 18.9. The number of likely N-dealkylation sites (tertiary alicyclic amines) is 1. The molecule has 1 fully saturated rings. The topological polar surface area (TPSA) is 59.9 Å². The molecule has 0 spiro atoms.